The summed E-state index contributed by atoms with van der Waals surface area (Å²) in [5, 5.41) is 30.4. The van der Waals surface area contributed by atoms with Crippen LogP contribution in [0.3, 0.4) is 0 Å². The number of aldehydes is 1. The van der Waals surface area contributed by atoms with E-state index in [1.54, 1.807) is 17.6 Å². The van der Waals surface area contributed by atoms with Crippen LogP contribution in [-0.2, 0) is 38.6 Å². The van der Waals surface area contributed by atoms with Gasteiger partial charge in [0.1, 0.15) is 18.2 Å². The molecule has 5 rings (SSSR count). The van der Waals surface area contributed by atoms with Gasteiger partial charge in [-0.1, -0.05) is 30.3 Å². The second kappa shape index (κ2) is 17.1. The molecule has 2 aliphatic heterocycles. The van der Waals surface area contributed by atoms with Crippen molar-refractivity contribution in [2.75, 3.05) is 27.2 Å². The molecule has 50 heavy (non-hydrogen) atoms. The number of benzene rings is 2. The molecule has 3 heterocycles. The Bertz CT molecular complexity index is 1730. The fourth-order valence-electron chi connectivity index (χ4n) is 5.89. The molecule has 0 radical (unpaired) electrons. The molecule has 2 aliphatic rings. The number of aliphatic hydroxyl groups is 2. The molecule has 1 fully saturated rings. The summed E-state index contributed by atoms with van der Waals surface area (Å²) in [5.74, 6) is -3.88. The van der Waals surface area contributed by atoms with Crippen molar-refractivity contribution in [3.8, 4) is 0 Å². The summed E-state index contributed by atoms with van der Waals surface area (Å²) in [4.78, 5) is 51.4. The number of para-hydroxylation sites is 1. The maximum atomic E-state index is 13.8. The fourth-order valence-corrected chi connectivity index (χ4v) is 5.89. The van der Waals surface area contributed by atoms with E-state index in [0.29, 0.717) is 31.6 Å². The molecule has 3 aromatic rings. The number of aromatic nitrogens is 1. The number of ether oxygens (including phenoxy) is 1. The van der Waals surface area contributed by atoms with Gasteiger partial charge in [0.2, 0.25) is 12.3 Å². The predicted molar refractivity (Wildman–Crippen MR) is 177 cm³/mol. The van der Waals surface area contributed by atoms with Crippen LogP contribution in [0.2, 0.25) is 0 Å². The van der Waals surface area contributed by atoms with Gasteiger partial charge in [-0.3, -0.25) is 24.6 Å². The van der Waals surface area contributed by atoms with Gasteiger partial charge in [0.05, 0.1) is 6.61 Å². The number of hydrogen-bond donors (Lipinski definition) is 5. The lowest BCUT2D eigenvalue weighted by Crippen LogP contribution is -2.46. The Morgan fingerprint density at radius 1 is 1.16 bits per heavy atom. The number of nitrogens with one attached hydrogen (secondary N) is 2. The average molecular weight is 699 g/mol. The SMILES string of the molecule is CN=C(/C=C\N(C)C1OC(CO)C(O)C1(F)F)NC=O.O=CCCC(=O)N1CCc2c(c3ccccc3n2Cc2ccc(C(=O)NO)cc2)C1. The molecule has 3 unspecified atom stereocenters. The summed E-state index contributed by atoms with van der Waals surface area (Å²) in [6.07, 6.45) is -0.176. The molecule has 1 aromatic heterocycles. The molecule has 0 bridgehead atoms. The van der Waals surface area contributed by atoms with Gasteiger partial charge in [0.15, 0.2) is 12.3 Å². The first kappa shape index (κ1) is 37.8. The highest BCUT2D eigenvalue weighted by atomic mass is 19.3. The standard InChI is InChI=1S/C23H23N3O4.C11H17F2N3O4/c27-13-3-6-22(28)25-12-11-21-19(15-25)18-4-1-2-5-20(18)26(21)14-16-7-9-17(10-8-16)23(29)24-30;1-14-8(15-6-18)3-4-16(2)10-11(12,13)9(19)7(5-17)20-10/h1-2,4-5,7-10,13,30H,3,6,11-12,14-15H2,(H,24,29);3-4,6-7,9-10,17,19H,5H2,1-2H3,(H,14,15,18)/b;4-3-. The zero-order chi connectivity index (χ0) is 36.4. The lowest BCUT2D eigenvalue weighted by molar-refractivity contribution is -0.150. The normalized spacial score (nSPS) is 19.8. The molecule has 16 heteroatoms. The smallest absolute Gasteiger partial charge is 0.319 e. The van der Waals surface area contributed by atoms with E-state index in [1.807, 2.05) is 29.2 Å². The molecule has 5 N–H and O–H groups in total. The van der Waals surface area contributed by atoms with E-state index in [2.05, 4.69) is 27.0 Å². The minimum absolute atomic E-state index is 0.0160. The number of nitrogens with zero attached hydrogens (tertiary/aromatic N) is 4. The maximum Gasteiger partial charge on any atom is 0.319 e. The second-order valence-corrected chi connectivity index (χ2v) is 11.6. The molecule has 3 amide bonds. The van der Waals surface area contributed by atoms with Crippen molar-refractivity contribution in [1.29, 1.82) is 0 Å². The van der Waals surface area contributed by atoms with Crippen molar-refractivity contribution in [3.63, 3.8) is 0 Å². The first-order chi connectivity index (χ1) is 24.0. The summed E-state index contributed by atoms with van der Waals surface area (Å²) in [6.45, 7) is 1.13. The third kappa shape index (κ3) is 8.39. The number of amides is 3. The third-order valence-corrected chi connectivity index (χ3v) is 8.49. The van der Waals surface area contributed by atoms with Crippen LogP contribution in [0.15, 0.2) is 65.8 Å². The first-order valence-electron chi connectivity index (χ1n) is 15.7. The zero-order valence-corrected chi connectivity index (χ0v) is 27.5. The molecular weight excluding hydrogens is 658 g/mol. The number of carbonyl (C=O) groups is 4. The summed E-state index contributed by atoms with van der Waals surface area (Å²) in [5.41, 5.74) is 6.56. The van der Waals surface area contributed by atoms with Gasteiger partial charge in [0.25, 0.3) is 5.91 Å². The number of halogens is 2. The molecule has 2 aromatic carbocycles. The molecule has 1 saturated heterocycles. The number of hydrogen-bond acceptors (Lipinski definition) is 10. The van der Waals surface area contributed by atoms with Crippen molar-refractivity contribution in [2.45, 2.75) is 56.7 Å². The zero-order valence-electron chi connectivity index (χ0n) is 27.5. The number of fused-ring (bicyclic) bond motifs is 3. The van der Waals surface area contributed by atoms with Gasteiger partial charge in [-0.15, -0.1) is 0 Å². The number of amidine groups is 1. The Labute approximate surface area is 286 Å². The van der Waals surface area contributed by atoms with Crippen molar-refractivity contribution >= 4 is 41.2 Å². The van der Waals surface area contributed by atoms with Gasteiger partial charge in [-0.25, -0.2) is 5.48 Å². The van der Waals surface area contributed by atoms with Crippen LogP contribution in [0, 0.1) is 0 Å². The highest BCUT2D eigenvalue weighted by molar-refractivity contribution is 5.98. The maximum absolute atomic E-state index is 13.8. The number of alkyl halides is 2. The van der Waals surface area contributed by atoms with E-state index in [0.717, 1.165) is 39.6 Å². The van der Waals surface area contributed by atoms with Crippen LogP contribution in [0.4, 0.5) is 8.78 Å². The van der Waals surface area contributed by atoms with Crippen molar-refractivity contribution in [3.05, 3.63) is 83.2 Å². The van der Waals surface area contributed by atoms with Gasteiger partial charge in [-0.05, 0) is 29.8 Å². The Kier molecular flexibility index (Phi) is 12.9. The van der Waals surface area contributed by atoms with Crippen LogP contribution in [0.5, 0.6) is 0 Å². The Morgan fingerprint density at radius 3 is 2.50 bits per heavy atom. The van der Waals surface area contributed by atoms with Crippen LogP contribution in [0.25, 0.3) is 10.9 Å². The minimum Gasteiger partial charge on any atom is -0.394 e. The summed E-state index contributed by atoms with van der Waals surface area (Å²) in [6, 6.07) is 15.3. The van der Waals surface area contributed by atoms with E-state index < -0.39 is 36.9 Å². The number of aliphatic hydroxyl groups excluding tert-OH is 2. The van der Waals surface area contributed by atoms with Gasteiger partial charge in [-0.2, -0.15) is 8.78 Å². The fraction of sp³-hybridized carbons (Fsp3) is 0.382. The van der Waals surface area contributed by atoms with Gasteiger partial charge in [0, 0.05) is 86.9 Å². The first-order valence-corrected chi connectivity index (χ1v) is 15.7. The van der Waals surface area contributed by atoms with Crippen LogP contribution in [0.1, 0.15) is 40.0 Å². The monoisotopic (exact) mass is 698 g/mol. The largest absolute Gasteiger partial charge is 0.394 e. The molecular formula is C34H40F2N6O8. The Morgan fingerprint density at radius 2 is 1.88 bits per heavy atom. The molecule has 0 saturated carbocycles. The van der Waals surface area contributed by atoms with E-state index in [1.165, 1.54) is 32.1 Å². The van der Waals surface area contributed by atoms with Crippen LogP contribution < -0.4 is 10.8 Å². The van der Waals surface area contributed by atoms with E-state index in [4.69, 9.17) is 15.1 Å². The highest BCUT2D eigenvalue weighted by Crippen LogP contribution is 2.37. The van der Waals surface area contributed by atoms with Gasteiger partial charge >= 0.3 is 5.92 Å². The van der Waals surface area contributed by atoms with Gasteiger partial charge < -0.3 is 39.4 Å². The summed E-state index contributed by atoms with van der Waals surface area (Å²) >= 11 is 0. The predicted octanol–water partition coefficient (Wildman–Crippen LogP) is 1.59. The Hall–Kier alpha value is -5.03. The lowest BCUT2D eigenvalue weighted by Gasteiger charge is -2.28. The summed E-state index contributed by atoms with van der Waals surface area (Å²) < 4.78 is 34.8. The van der Waals surface area contributed by atoms with Crippen LogP contribution in [-0.4, -0.2) is 112 Å². The lowest BCUT2D eigenvalue weighted by atomic mass is 10.0. The average Bonchev–Trinajstić information content (AvgIpc) is 3.57. The molecule has 0 spiro atoms. The van der Waals surface area contributed by atoms with E-state index in [9.17, 15) is 33.1 Å². The number of aliphatic imine (C=N–C) groups is 1. The molecule has 14 nitrogen and oxygen atoms in total. The van der Waals surface area contributed by atoms with E-state index in [-0.39, 0.29) is 24.6 Å². The highest BCUT2D eigenvalue weighted by Gasteiger charge is 2.59. The van der Waals surface area contributed by atoms with Crippen molar-refractivity contribution in [1.82, 2.24) is 25.2 Å². The quantitative estimate of drug-likeness (QED) is 0.0652. The van der Waals surface area contributed by atoms with E-state index >= 15 is 0 Å². The molecule has 0 aliphatic carbocycles. The number of carbonyl (C=O) groups excluding carboxylic acids is 4. The molecule has 268 valence electrons. The van der Waals surface area contributed by atoms with Crippen molar-refractivity contribution < 1.29 is 48.1 Å². The number of hydroxylamine groups is 1. The summed E-state index contributed by atoms with van der Waals surface area (Å²) in [7, 11) is 2.73. The topological polar surface area (TPSA) is 186 Å². The van der Waals surface area contributed by atoms with Crippen LogP contribution >= 0.6 is 0 Å². The Balaban J connectivity index is 0.000000246. The third-order valence-electron chi connectivity index (χ3n) is 8.49. The number of rotatable bonds is 11. The van der Waals surface area contributed by atoms with Crippen molar-refractivity contribution in [2.24, 2.45) is 4.99 Å². The second-order valence-electron chi connectivity index (χ2n) is 11.6. The minimum atomic E-state index is -3.53. The molecule has 3 atom stereocenters.